The third-order valence-electron chi connectivity index (χ3n) is 4.00. The van der Waals surface area contributed by atoms with Crippen molar-refractivity contribution in [3.05, 3.63) is 41.5 Å². The van der Waals surface area contributed by atoms with Crippen molar-refractivity contribution in [3.8, 4) is 5.75 Å². The van der Waals surface area contributed by atoms with Gasteiger partial charge in [0.05, 0.1) is 7.11 Å². The molecule has 0 amide bonds. The van der Waals surface area contributed by atoms with Crippen LogP contribution < -0.4 is 10.1 Å². The van der Waals surface area contributed by atoms with Gasteiger partial charge in [-0.1, -0.05) is 23.4 Å². The quantitative estimate of drug-likeness (QED) is 0.936. The van der Waals surface area contributed by atoms with Crippen molar-refractivity contribution in [2.24, 2.45) is 0 Å². The lowest BCUT2D eigenvalue weighted by atomic mass is 9.93. The maximum absolute atomic E-state index is 5.47. The number of benzene rings is 1. The van der Waals surface area contributed by atoms with Crippen molar-refractivity contribution in [1.29, 1.82) is 0 Å². The molecule has 2 atom stereocenters. The van der Waals surface area contributed by atoms with Gasteiger partial charge in [0.15, 0.2) is 5.82 Å². The number of nitrogens with zero attached hydrogens (tertiary/aromatic N) is 2. The van der Waals surface area contributed by atoms with Gasteiger partial charge in [0, 0.05) is 23.9 Å². The first-order valence-electron chi connectivity index (χ1n) is 7.44. The number of piperidine rings is 1. The zero-order chi connectivity index (χ0) is 14.7. The monoisotopic (exact) mass is 287 g/mol. The Labute approximate surface area is 124 Å². The summed E-state index contributed by atoms with van der Waals surface area (Å²) in [5.41, 5.74) is 1.08. The summed E-state index contributed by atoms with van der Waals surface area (Å²) in [5, 5.41) is 7.56. The summed E-state index contributed by atoms with van der Waals surface area (Å²) in [5.74, 6) is 2.73. The Morgan fingerprint density at radius 2 is 2.24 bits per heavy atom. The molecule has 0 saturated carbocycles. The molecule has 5 nitrogen and oxygen atoms in total. The lowest BCUT2D eigenvalue weighted by Gasteiger charge is -2.25. The van der Waals surface area contributed by atoms with E-state index in [1.54, 1.807) is 7.11 Å². The highest BCUT2D eigenvalue weighted by Crippen LogP contribution is 2.27. The van der Waals surface area contributed by atoms with Gasteiger partial charge in [0.25, 0.3) is 0 Å². The smallest absolute Gasteiger partial charge is 0.229 e. The molecule has 1 aromatic carbocycles. The van der Waals surface area contributed by atoms with Crippen molar-refractivity contribution in [2.45, 2.75) is 38.1 Å². The second kappa shape index (κ2) is 6.26. The molecule has 1 saturated heterocycles. The molecule has 21 heavy (non-hydrogen) atoms. The molecule has 1 aliphatic rings. The molecule has 0 spiro atoms. The highest BCUT2D eigenvalue weighted by atomic mass is 16.5. The van der Waals surface area contributed by atoms with Crippen molar-refractivity contribution < 1.29 is 9.26 Å². The Hall–Kier alpha value is -1.88. The summed E-state index contributed by atoms with van der Waals surface area (Å²) in [7, 11) is 1.68. The van der Waals surface area contributed by atoms with Crippen LogP contribution in [0.25, 0.3) is 0 Å². The normalized spacial score (nSPS) is 22.2. The fourth-order valence-electron chi connectivity index (χ4n) is 2.88. The summed E-state index contributed by atoms with van der Waals surface area (Å²) in [6, 6.07) is 8.44. The van der Waals surface area contributed by atoms with E-state index in [-0.39, 0.29) is 0 Å². The van der Waals surface area contributed by atoms with E-state index < -0.39 is 0 Å². The van der Waals surface area contributed by atoms with E-state index in [4.69, 9.17) is 9.26 Å². The zero-order valence-corrected chi connectivity index (χ0v) is 12.5. The van der Waals surface area contributed by atoms with Gasteiger partial charge in [0.1, 0.15) is 5.75 Å². The molecule has 0 radical (unpaired) electrons. The first kappa shape index (κ1) is 14.1. The van der Waals surface area contributed by atoms with Crippen molar-refractivity contribution in [1.82, 2.24) is 15.5 Å². The average Bonchev–Trinajstić information content (AvgIpc) is 2.96. The lowest BCUT2D eigenvalue weighted by molar-refractivity contribution is 0.294. The van der Waals surface area contributed by atoms with Crippen LogP contribution >= 0.6 is 0 Å². The predicted octanol–water partition coefficient (Wildman–Crippen LogP) is 2.52. The van der Waals surface area contributed by atoms with E-state index >= 15 is 0 Å². The Kier molecular flexibility index (Phi) is 4.20. The lowest BCUT2D eigenvalue weighted by Crippen LogP contribution is -2.34. The molecule has 1 fully saturated rings. The number of aromatic nitrogens is 2. The van der Waals surface area contributed by atoms with Crippen LogP contribution in [0.2, 0.25) is 0 Å². The van der Waals surface area contributed by atoms with E-state index in [9.17, 15) is 0 Å². The maximum atomic E-state index is 5.47. The Morgan fingerprint density at radius 1 is 1.38 bits per heavy atom. The van der Waals surface area contributed by atoms with Gasteiger partial charge in [-0.3, -0.25) is 0 Å². The largest absolute Gasteiger partial charge is 0.496 e. The Bertz CT molecular complexity index is 597. The van der Waals surface area contributed by atoms with Crippen LogP contribution in [-0.2, 0) is 6.42 Å². The number of para-hydroxylation sites is 1. The molecule has 0 bridgehead atoms. The second-order valence-corrected chi connectivity index (χ2v) is 5.61. The first-order chi connectivity index (χ1) is 10.3. The molecule has 3 rings (SSSR count). The van der Waals surface area contributed by atoms with Gasteiger partial charge in [-0.15, -0.1) is 0 Å². The first-order valence-corrected chi connectivity index (χ1v) is 7.44. The van der Waals surface area contributed by atoms with Crippen LogP contribution in [0.5, 0.6) is 5.75 Å². The summed E-state index contributed by atoms with van der Waals surface area (Å²) in [6.07, 6.45) is 2.74. The molecule has 0 aliphatic carbocycles. The average molecular weight is 287 g/mol. The summed E-state index contributed by atoms with van der Waals surface area (Å²) in [4.78, 5) is 4.58. The molecule has 2 heterocycles. The molecule has 1 N–H and O–H groups in total. The molecule has 5 heteroatoms. The van der Waals surface area contributed by atoms with E-state index in [2.05, 4.69) is 22.4 Å². The molecular weight excluding hydrogens is 266 g/mol. The highest BCUT2D eigenvalue weighted by molar-refractivity contribution is 5.35. The van der Waals surface area contributed by atoms with Crippen LogP contribution in [0.4, 0.5) is 0 Å². The maximum Gasteiger partial charge on any atom is 0.229 e. The minimum absolute atomic E-state index is 0.375. The van der Waals surface area contributed by atoms with Crippen molar-refractivity contribution >= 4 is 0 Å². The number of ether oxygens (including phenoxy) is 1. The van der Waals surface area contributed by atoms with Crippen LogP contribution in [-0.4, -0.2) is 29.8 Å². The van der Waals surface area contributed by atoms with E-state index in [1.165, 1.54) is 0 Å². The number of hydrogen-bond donors (Lipinski definition) is 1. The summed E-state index contributed by atoms with van der Waals surface area (Å²) >= 11 is 0. The third kappa shape index (κ3) is 3.24. The fourth-order valence-corrected chi connectivity index (χ4v) is 2.88. The van der Waals surface area contributed by atoms with Gasteiger partial charge >= 0.3 is 0 Å². The van der Waals surface area contributed by atoms with Gasteiger partial charge < -0.3 is 14.6 Å². The van der Waals surface area contributed by atoms with Gasteiger partial charge in [-0.05, 0) is 32.4 Å². The van der Waals surface area contributed by atoms with Crippen molar-refractivity contribution in [2.75, 3.05) is 13.7 Å². The standard InChI is InChI=1S/C16H21N3O2/c1-11-9-13(7-8-17-11)16-18-15(19-21-16)10-12-5-3-4-6-14(12)20-2/h3-6,11,13,17H,7-10H2,1-2H3. The van der Waals surface area contributed by atoms with Crippen LogP contribution in [0, 0.1) is 0 Å². The van der Waals surface area contributed by atoms with Crippen LogP contribution in [0.3, 0.4) is 0 Å². The van der Waals surface area contributed by atoms with Gasteiger partial charge in [0.2, 0.25) is 5.89 Å². The minimum atomic E-state index is 0.375. The molecule has 2 aromatic rings. The molecule has 2 unspecified atom stereocenters. The van der Waals surface area contributed by atoms with Crippen LogP contribution in [0.1, 0.15) is 43.0 Å². The molecule has 1 aliphatic heterocycles. The number of hydrogen-bond acceptors (Lipinski definition) is 5. The molecule has 1 aromatic heterocycles. The second-order valence-electron chi connectivity index (χ2n) is 5.61. The summed E-state index contributed by atoms with van der Waals surface area (Å²) in [6.45, 7) is 3.20. The van der Waals surface area contributed by atoms with Crippen molar-refractivity contribution in [3.63, 3.8) is 0 Å². The highest BCUT2D eigenvalue weighted by Gasteiger charge is 2.25. The van der Waals surface area contributed by atoms with E-state index in [0.717, 1.165) is 42.4 Å². The molecular formula is C16H21N3O2. The van der Waals surface area contributed by atoms with E-state index in [0.29, 0.717) is 18.4 Å². The Balaban J connectivity index is 1.73. The van der Waals surface area contributed by atoms with Crippen LogP contribution in [0.15, 0.2) is 28.8 Å². The predicted molar refractivity (Wildman–Crippen MR) is 79.5 cm³/mol. The molecule has 112 valence electrons. The topological polar surface area (TPSA) is 60.2 Å². The number of rotatable bonds is 4. The number of nitrogens with one attached hydrogen (secondary N) is 1. The van der Waals surface area contributed by atoms with Gasteiger partial charge in [-0.25, -0.2) is 0 Å². The zero-order valence-electron chi connectivity index (χ0n) is 12.5. The fraction of sp³-hybridized carbons (Fsp3) is 0.500. The van der Waals surface area contributed by atoms with Gasteiger partial charge in [-0.2, -0.15) is 4.98 Å². The Morgan fingerprint density at radius 3 is 3.05 bits per heavy atom. The number of methoxy groups -OCH3 is 1. The SMILES string of the molecule is COc1ccccc1Cc1noc(C2CCNC(C)C2)n1. The minimum Gasteiger partial charge on any atom is -0.496 e. The van der Waals surface area contributed by atoms with E-state index in [1.807, 2.05) is 24.3 Å². The summed E-state index contributed by atoms with van der Waals surface area (Å²) < 4.78 is 10.8. The third-order valence-corrected chi connectivity index (χ3v) is 4.00.